The molecule has 0 aliphatic heterocycles. The minimum atomic E-state index is -1.08. The van der Waals surface area contributed by atoms with Crippen LogP contribution in [0.1, 0.15) is 12.0 Å². The van der Waals surface area contributed by atoms with Crippen molar-refractivity contribution in [1.82, 2.24) is 5.32 Å². The van der Waals surface area contributed by atoms with Gasteiger partial charge >= 0.3 is 5.97 Å². The zero-order valence-electron chi connectivity index (χ0n) is 9.73. The van der Waals surface area contributed by atoms with Crippen molar-refractivity contribution < 1.29 is 14.7 Å². The third kappa shape index (κ3) is 5.29. The minimum Gasteiger partial charge on any atom is -0.481 e. The maximum absolute atomic E-state index is 11.4. The number of carbonyl (C=O) groups excluding carboxylic acids is 1. The molecule has 0 bridgehead atoms. The average molecular weight is 315 g/mol. The normalized spacial score (nSPS) is 11.9. The minimum absolute atomic E-state index is 0.358. The number of carboxylic acids is 1. The van der Waals surface area contributed by atoms with E-state index in [2.05, 4.69) is 21.2 Å². The molecular weight excluding hydrogens is 300 g/mol. The van der Waals surface area contributed by atoms with E-state index < -0.39 is 17.9 Å². The predicted octanol–water partition coefficient (Wildman–Crippen LogP) is 0.910. The summed E-state index contributed by atoms with van der Waals surface area (Å²) in [5, 5.41) is 11.1. The first-order valence-electron chi connectivity index (χ1n) is 5.48. The molecule has 1 atom stereocenters. The van der Waals surface area contributed by atoms with E-state index in [0.29, 0.717) is 13.0 Å². The number of amides is 1. The van der Waals surface area contributed by atoms with Crippen LogP contribution in [0.25, 0.3) is 0 Å². The van der Waals surface area contributed by atoms with Gasteiger partial charge in [0.1, 0.15) is 0 Å². The Kier molecular flexibility index (Phi) is 5.80. The third-order valence-corrected chi connectivity index (χ3v) is 2.83. The van der Waals surface area contributed by atoms with E-state index in [0.717, 1.165) is 10.0 Å². The van der Waals surface area contributed by atoms with E-state index in [1.54, 1.807) is 0 Å². The fourth-order valence-corrected chi connectivity index (χ4v) is 1.88. The quantitative estimate of drug-likeness (QED) is 0.727. The summed E-state index contributed by atoms with van der Waals surface area (Å²) in [5.74, 6) is -1.52. The molecule has 98 valence electrons. The number of aliphatic carboxylic acids is 1. The monoisotopic (exact) mass is 314 g/mol. The molecule has 4 N–H and O–H groups in total. The van der Waals surface area contributed by atoms with Crippen LogP contribution in [0.4, 0.5) is 0 Å². The van der Waals surface area contributed by atoms with E-state index >= 15 is 0 Å². The highest BCUT2D eigenvalue weighted by Crippen LogP contribution is 2.11. The highest BCUT2D eigenvalue weighted by molar-refractivity contribution is 9.10. The van der Waals surface area contributed by atoms with Gasteiger partial charge < -0.3 is 16.2 Å². The predicted molar refractivity (Wildman–Crippen MR) is 71.1 cm³/mol. The number of hydrogen-bond acceptors (Lipinski definition) is 3. The van der Waals surface area contributed by atoms with Crippen LogP contribution >= 0.6 is 15.9 Å². The van der Waals surface area contributed by atoms with Crippen molar-refractivity contribution in [3.8, 4) is 0 Å². The van der Waals surface area contributed by atoms with Crippen LogP contribution < -0.4 is 11.1 Å². The Hall–Kier alpha value is -1.40. The van der Waals surface area contributed by atoms with Crippen molar-refractivity contribution in [2.45, 2.75) is 18.9 Å². The number of halogens is 1. The molecule has 6 heteroatoms. The van der Waals surface area contributed by atoms with Crippen LogP contribution in [0.5, 0.6) is 0 Å². The van der Waals surface area contributed by atoms with Gasteiger partial charge in [0.15, 0.2) is 0 Å². The highest BCUT2D eigenvalue weighted by Gasteiger charge is 2.16. The van der Waals surface area contributed by atoms with Gasteiger partial charge in [0.25, 0.3) is 0 Å². The van der Waals surface area contributed by atoms with E-state index in [-0.39, 0.29) is 6.42 Å². The maximum Gasteiger partial charge on any atom is 0.305 e. The van der Waals surface area contributed by atoms with Crippen molar-refractivity contribution in [1.29, 1.82) is 0 Å². The summed E-state index contributed by atoms with van der Waals surface area (Å²) >= 11 is 3.36. The third-order valence-electron chi connectivity index (χ3n) is 2.33. The Morgan fingerprint density at radius 1 is 1.44 bits per heavy atom. The lowest BCUT2D eigenvalue weighted by Crippen LogP contribution is -2.42. The topological polar surface area (TPSA) is 92.4 Å². The van der Waals surface area contributed by atoms with Gasteiger partial charge in [-0.05, 0) is 24.1 Å². The molecule has 0 spiro atoms. The number of carbonyl (C=O) groups is 2. The van der Waals surface area contributed by atoms with Gasteiger partial charge in [-0.2, -0.15) is 0 Å². The number of benzene rings is 1. The van der Waals surface area contributed by atoms with Gasteiger partial charge in [0.2, 0.25) is 5.91 Å². The zero-order valence-corrected chi connectivity index (χ0v) is 11.3. The molecular formula is C12H15BrN2O3. The molecule has 5 nitrogen and oxygen atoms in total. The lowest BCUT2D eigenvalue weighted by atomic mass is 10.1. The second kappa shape index (κ2) is 7.13. The average Bonchev–Trinajstić information content (AvgIpc) is 2.28. The van der Waals surface area contributed by atoms with Crippen molar-refractivity contribution in [3.05, 3.63) is 34.3 Å². The molecule has 1 aromatic carbocycles. The first-order chi connectivity index (χ1) is 8.49. The molecule has 0 fully saturated rings. The van der Waals surface area contributed by atoms with E-state index in [4.69, 9.17) is 10.8 Å². The van der Waals surface area contributed by atoms with E-state index in [1.165, 1.54) is 0 Å². The van der Waals surface area contributed by atoms with Crippen LogP contribution in [0.15, 0.2) is 28.7 Å². The van der Waals surface area contributed by atoms with Gasteiger partial charge in [0, 0.05) is 11.0 Å². The molecule has 0 aliphatic rings. The van der Waals surface area contributed by atoms with Crippen LogP contribution in [-0.2, 0) is 16.0 Å². The van der Waals surface area contributed by atoms with Crippen LogP contribution in [0.2, 0.25) is 0 Å². The Labute approximate surface area is 113 Å². The Morgan fingerprint density at radius 3 is 2.78 bits per heavy atom. The van der Waals surface area contributed by atoms with Crippen molar-refractivity contribution in [2.24, 2.45) is 5.73 Å². The SMILES string of the molecule is NC(CC(=O)O)C(=O)NCCc1cccc(Br)c1. The summed E-state index contributed by atoms with van der Waals surface area (Å²) in [5.41, 5.74) is 6.50. The molecule has 0 saturated heterocycles. The lowest BCUT2D eigenvalue weighted by molar-refractivity contribution is -0.139. The molecule has 18 heavy (non-hydrogen) atoms. The van der Waals surface area contributed by atoms with E-state index in [9.17, 15) is 9.59 Å². The summed E-state index contributed by atoms with van der Waals surface area (Å²) in [4.78, 5) is 21.8. The Morgan fingerprint density at radius 2 is 2.17 bits per heavy atom. The van der Waals surface area contributed by atoms with Crippen molar-refractivity contribution in [2.75, 3.05) is 6.54 Å². The fourth-order valence-electron chi connectivity index (χ4n) is 1.43. The molecule has 0 aliphatic carbocycles. The summed E-state index contributed by atoms with van der Waals surface area (Å²) in [7, 11) is 0. The van der Waals surface area contributed by atoms with Gasteiger partial charge in [-0.25, -0.2) is 0 Å². The fraction of sp³-hybridized carbons (Fsp3) is 0.333. The zero-order chi connectivity index (χ0) is 13.5. The molecule has 1 amide bonds. The van der Waals surface area contributed by atoms with Crippen LogP contribution in [0.3, 0.4) is 0 Å². The molecule has 1 unspecified atom stereocenters. The number of hydrogen-bond donors (Lipinski definition) is 3. The number of nitrogens with one attached hydrogen (secondary N) is 1. The van der Waals surface area contributed by atoms with Crippen molar-refractivity contribution in [3.63, 3.8) is 0 Å². The lowest BCUT2D eigenvalue weighted by Gasteiger charge is -2.10. The van der Waals surface area contributed by atoms with E-state index in [1.807, 2.05) is 24.3 Å². The molecule has 0 heterocycles. The molecule has 1 aromatic rings. The van der Waals surface area contributed by atoms with Gasteiger partial charge in [-0.15, -0.1) is 0 Å². The first-order valence-corrected chi connectivity index (χ1v) is 6.28. The summed E-state index contributed by atoms with van der Waals surface area (Å²) in [6.45, 7) is 0.433. The van der Waals surface area contributed by atoms with Gasteiger partial charge in [0.05, 0.1) is 12.5 Å². The second-order valence-corrected chi connectivity index (χ2v) is 4.79. The number of nitrogens with two attached hydrogens (primary N) is 1. The summed E-state index contributed by atoms with van der Waals surface area (Å²) < 4.78 is 0.980. The van der Waals surface area contributed by atoms with Gasteiger partial charge in [-0.3, -0.25) is 9.59 Å². The van der Waals surface area contributed by atoms with Crippen LogP contribution in [0, 0.1) is 0 Å². The molecule has 0 radical (unpaired) electrons. The number of carboxylic acid groups (broad SMARTS) is 1. The molecule has 0 aromatic heterocycles. The smallest absolute Gasteiger partial charge is 0.305 e. The largest absolute Gasteiger partial charge is 0.481 e. The molecule has 0 saturated carbocycles. The van der Waals surface area contributed by atoms with Gasteiger partial charge in [-0.1, -0.05) is 28.1 Å². The number of rotatable bonds is 6. The standard InChI is InChI=1S/C12H15BrN2O3/c13-9-3-1-2-8(6-9)4-5-15-12(18)10(14)7-11(16)17/h1-3,6,10H,4-5,7,14H2,(H,15,18)(H,16,17). The van der Waals surface area contributed by atoms with Crippen LogP contribution in [-0.4, -0.2) is 29.6 Å². The maximum atomic E-state index is 11.4. The molecule has 1 rings (SSSR count). The highest BCUT2D eigenvalue weighted by atomic mass is 79.9. The van der Waals surface area contributed by atoms with Crippen molar-refractivity contribution >= 4 is 27.8 Å². The Balaban J connectivity index is 2.33. The second-order valence-electron chi connectivity index (χ2n) is 3.88. The summed E-state index contributed by atoms with van der Waals surface area (Å²) in [6.07, 6.45) is 0.313. The Bertz CT molecular complexity index is 437. The first kappa shape index (κ1) is 14.7. The summed E-state index contributed by atoms with van der Waals surface area (Å²) in [6, 6.07) is 6.75.